The predicted octanol–water partition coefficient (Wildman–Crippen LogP) is 1.22. The van der Waals surface area contributed by atoms with E-state index in [0.717, 1.165) is 10.7 Å². The van der Waals surface area contributed by atoms with Crippen LogP contribution in [0.25, 0.3) is 0 Å². The van der Waals surface area contributed by atoms with Crippen LogP contribution in [0.4, 0.5) is 0 Å². The first kappa shape index (κ1) is 14.5. The highest BCUT2D eigenvalue weighted by Crippen LogP contribution is 2.11. The highest BCUT2D eigenvalue weighted by atomic mass is 32.2. The van der Waals surface area contributed by atoms with Crippen molar-refractivity contribution in [3.05, 3.63) is 16.1 Å². The number of aromatic nitrogens is 1. The van der Waals surface area contributed by atoms with Crippen LogP contribution in [0, 0.1) is 6.92 Å². The molecule has 0 aliphatic heterocycles. The third-order valence-electron chi connectivity index (χ3n) is 2.44. The molecule has 0 aromatic carbocycles. The number of carbonyl (C=O) groups is 1. The van der Waals surface area contributed by atoms with Gasteiger partial charge >= 0.3 is 0 Å². The average Bonchev–Trinajstić information content (AvgIpc) is 2.65. The van der Waals surface area contributed by atoms with E-state index in [2.05, 4.69) is 10.3 Å². The van der Waals surface area contributed by atoms with Crippen molar-refractivity contribution in [3.63, 3.8) is 0 Å². The normalized spacial score (nSPS) is 14.4. The summed E-state index contributed by atoms with van der Waals surface area (Å²) in [5, 5.41) is 14.9. The fourth-order valence-corrected chi connectivity index (χ4v) is 2.73. The summed E-state index contributed by atoms with van der Waals surface area (Å²) in [4.78, 5) is 16.0. The minimum Gasteiger partial charge on any atom is -0.395 e. The first-order chi connectivity index (χ1) is 8.06. The summed E-state index contributed by atoms with van der Waals surface area (Å²) in [6, 6.07) is -0.0396. The molecule has 0 saturated heterocycles. The fraction of sp³-hybridized carbons (Fsp3) is 0.636. The number of amides is 1. The molecule has 0 spiro atoms. The first-order valence-corrected chi connectivity index (χ1v) is 7.57. The number of thiazole rings is 1. The lowest BCUT2D eigenvalue weighted by Crippen LogP contribution is -2.41. The molecule has 0 fully saturated rings. The predicted molar refractivity (Wildman–Crippen MR) is 72.5 cm³/mol. The van der Waals surface area contributed by atoms with Gasteiger partial charge in [0.25, 0.3) is 0 Å². The largest absolute Gasteiger partial charge is 0.395 e. The number of hydrogen-bond acceptors (Lipinski definition) is 5. The summed E-state index contributed by atoms with van der Waals surface area (Å²) in [5.74, 6) is -0.0460. The molecule has 4 nitrogen and oxygen atoms in total. The van der Waals surface area contributed by atoms with Gasteiger partial charge in [-0.05, 0) is 20.1 Å². The highest BCUT2D eigenvalue weighted by Gasteiger charge is 2.17. The van der Waals surface area contributed by atoms with Crippen LogP contribution in [0.2, 0.25) is 0 Å². The Labute approximate surface area is 110 Å². The summed E-state index contributed by atoms with van der Waals surface area (Å²) < 4.78 is 0. The van der Waals surface area contributed by atoms with Gasteiger partial charge in [-0.25, -0.2) is 4.98 Å². The van der Waals surface area contributed by atoms with Gasteiger partial charge in [0, 0.05) is 16.7 Å². The van der Waals surface area contributed by atoms with Gasteiger partial charge < -0.3 is 10.4 Å². The summed E-state index contributed by atoms with van der Waals surface area (Å²) in [6.07, 6.45) is 2.23. The lowest BCUT2D eigenvalue weighted by Gasteiger charge is -2.21. The van der Waals surface area contributed by atoms with E-state index in [1.54, 1.807) is 23.1 Å². The quantitative estimate of drug-likeness (QED) is 0.819. The molecule has 1 aromatic heterocycles. The van der Waals surface area contributed by atoms with Gasteiger partial charge in [0.2, 0.25) is 5.91 Å². The molecule has 1 amide bonds. The van der Waals surface area contributed by atoms with E-state index in [4.69, 9.17) is 5.11 Å². The molecule has 96 valence electrons. The molecule has 2 atom stereocenters. The lowest BCUT2D eigenvalue weighted by atomic mass is 10.2. The zero-order chi connectivity index (χ0) is 12.8. The first-order valence-electron chi connectivity index (χ1n) is 5.40. The van der Waals surface area contributed by atoms with E-state index >= 15 is 0 Å². The Balaban J connectivity index is 2.44. The van der Waals surface area contributed by atoms with Crippen molar-refractivity contribution in [1.29, 1.82) is 0 Å². The van der Waals surface area contributed by atoms with E-state index in [9.17, 15) is 4.79 Å². The monoisotopic (exact) mass is 274 g/mol. The van der Waals surface area contributed by atoms with Crippen LogP contribution in [0.1, 0.15) is 17.6 Å². The molecule has 0 radical (unpaired) electrons. The molecule has 1 aromatic rings. The fourth-order valence-electron chi connectivity index (χ4n) is 1.49. The average molecular weight is 274 g/mol. The number of carbonyl (C=O) groups excluding carboxylic acids is 1. The Hall–Kier alpha value is -0.590. The Morgan fingerprint density at radius 3 is 2.88 bits per heavy atom. The third kappa shape index (κ3) is 4.65. The maximum atomic E-state index is 11.7. The van der Waals surface area contributed by atoms with E-state index in [1.165, 1.54) is 0 Å². The second-order valence-corrected chi connectivity index (χ2v) is 5.99. The molecular weight excluding hydrogens is 256 g/mol. The van der Waals surface area contributed by atoms with Gasteiger partial charge in [0.05, 0.1) is 23.7 Å². The molecule has 0 bridgehead atoms. The molecule has 2 unspecified atom stereocenters. The number of nitrogens with one attached hydrogen (secondary N) is 1. The minimum absolute atomic E-state index is 0.0381. The maximum Gasteiger partial charge on any atom is 0.226 e. The number of hydrogen-bond donors (Lipinski definition) is 2. The summed E-state index contributed by atoms with van der Waals surface area (Å²) in [6.45, 7) is 3.89. The van der Waals surface area contributed by atoms with Crippen molar-refractivity contribution in [2.75, 3.05) is 12.9 Å². The van der Waals surface area contributed by atoms with Gasteiger partial charge in [-0.2, -0.15) is 11.8 Å². The Morgan fingerprint density at radius 2 is 2.41 bits per heavy atom. The zero-order valence-electron chi connectivity index (χ0n) is 10.3. The van der Waals surface area contributed by atoms with Gasteiger partial charge in [-0.1, -0.05) is 0 Å². The summed E-state index contributed by atoms with van der Waals surface area (Å²) in [5.41, 5.74) is 0.807. The Bertz CT molecular complexity index is 364. The molecule has 0 saturated carbocycles. The van der Waals surface area contributed by atoms with Gasteiger partial charge in [0.15, 0.2) is 0 Å². The lowest BCUT2D eigenvalue weighted by molar-refractivity contribution is -0.121. The van der Waals surface area contributed by atoms with Crippen molar-refractivity contribution < 1.29 is 9.90 Å². The molecule has 0 aliphatic carbocycles. The number of aliphatic hydroxyl groups excluding tert-OH is 1. The van der Waals surface area contributed by atoms with Crippen LogP contribution >= 0.6 is 23.1 Å². The van der Waals surface area contributed by atoms with Gasteiger partial charge in [-0.3, -0.25) is 4.79 Å². The summed E-state index contributed by atoms with van der Waals surface area (Å²) >= 11 is 3.10. The molecular formula is C11H18N2O2S2. The standard InChI is InChI=1S/C11H18N2O2S2/c1-7(10(5-14)16-3)12-11(15)4-9-6-17-8(2)13-9/h6-7,10,14H,4-5H2,1-3H3,(H,12,15). The number of aliphatic hydroxyl groups is 1. The second-order valence-electron chi connectivity index (χ2n) is 3.85. The molecule has 2 N–H and O–H groups in total. The van der Waals surface area contributed by atoms with E-state index < -0.39 is 0 Å². The number of rotatable bonds is 6. The Kier molecular flexibility index (Phi) is 5.94. The smallest absolute Gasteiger partial charge is 0.226 e. The molecule has 0 aliphatic rings. The molecule has 6 heteroatoms. The van der Waals surface area contributed by atoms with E-state index in [1.807, 2.05) is 25.5 Å². The SMILES string of the molecule is CSC(CO)C(C)NC(=O)Cc1csc(C)n1. The van der Waals surface area contributed by atoms with Crippen molar-refractivity contribution in [1.82, 2.24) is 10.3 Å². The van der Waals surface area contributed by atoms with Crippen LogP contribution < -0.4 is 5.32 Å². The van der Waals surface area contributed by atoms with Crippen molar-refractivity contribution in [2.45, 2.75) is 31.6 Å². The highest BCUT2D eigenvalue weighted by molar-refractivity contribution is 7.99. The third-order valence-corrected chi connectivity index (χ3v) is 4.42. The molecule has 1 heterocycles. The summed E-state index contributed by atoms with van der Waals surface area (Å²) in [7, 11) is 0. The molecule has 17 heavy (non-hydrogen) atoms. The van der Waals surface area contributed by atoms with Crippen molar-refractivity contribution >= 4 is 29.0 Å². The topological polar surface area (TPSA) is 62.2 Å². The van der Waals surface area contributed by atoms with E-state index in [-0.39, 0.29) is 23.8 Å². The minimum atomic E-state index is -0.0460. The zero-order valence-corrected chi connectivity index (χ0v) is 11.9. The number of nitrogens with zero attached hydrogens (tertiary/aromatic N) is 1. The van der Waals surface area contributed by atoms with Crippen LogP contribution in [0.15, 0.2) is 5.38 Å². The molecule has 1 rings (SSSR count). The maximum absolute atomic E-state index is 11.7. The number of thioether (sulfide) groups is 1. The van der Waals surface area contributed by atoms with Crippen LogP contribution in [-0.4, -0.2) is 40.2 Å². The number of aryl methyl sites for hydroxylation is 1. The van der Waals surface area contributed by atoms with Crippen LogP contribution in [-0.2, 0) is 11.2 Å². The Morgan fingerprint density at radius 1 is 1.71 bits per heavy atom. The second kappa shape index (κ2) is 6.98. The van der Waals surface area contributed by atoms with Gasteiger partial charge in [0.1, 0.15) is 0 Å². The van der Waals surface area contributed by atoms with Crippen molar-refractivity contribution in [3.8, 4) is 0 Å². The van der Waals surface area contributed by atoms with E-state index in [0.29, 0.717) is 6.42 Å². The van der Waals surface area contributed by atoms with Crippen LogP contribution in [0.3, 0.4) is 0 Å². The van der Waals surface area contributed by atoms with Crippen molar-refractivity contribution in [2.24, 2.45) is 0 Å². The van der Waals surface area contributed by atoms with Crippen LogP contribution in [0.5, 0.6) is 0 Å². The van der Waals surface area contributed by atoms with Gasteiger partial charge in [-0.15, -0.1) is 11.3 Å².